The Balaban J connectivity index is 1.30. The van der Waals surface area contributed by atoms with Crippen molar-refractivity contribution < 1.29 is 24.2 Å². The van der Waals surface area contributed by atoms with Crippen LogP contribution in [0, 0.1) is 5.92 Å². The summed E-state index contributed by atoms with van der Waals surface area (Å²) in [6, 6.07) is 15.9. The maximum Gasteiger partial charge on any atom is 0.407 e. The van der Waals surface area contributed by atoms with E-state index in [4.69, 9.17) is 9.84 Å². The summed E-state index contributed by atoms with van der Waals surface area (Å²) in [5, 5.41) is 15.0. The number of carboxylic acid groups (broad SMARTS) is 1. The van der Waals surface area contributed by atoms with E-state index < -0.39 is 12.1 Å². The average molecular weight is 479 g/mol. The highest BCUT2D eigenvalue weighted by Gasteiger charge is 2.31. The van der Waals surface area contributed by atoms with E-state index in [-0.39, 0.29) is 42.9 Å². The molecule has 0 aromatic heterocycles. The number of carbonyl (C=O) groups excluding carboxylic acids is 2. The van der Waals surface area contributed by atoms with Gasteiger partial charge in [-0.05, 0) is 47.9 Å². The first-order chi connectivity index (χ1) is 17.0. The van der Waals surface area contributed by atoms with Gasteiger partial charge in [0.25, 0.3) is 0 Å². The van der Waals surface area contributed by atoms with Crippen LogP contribution in [0.1, 0.15) is 68.9 Å². The summed E-state index contributed by atoms with van der Waals surface area (Å²) >= 11 is 0. The molecule has 3 atom stereocenters. The third-order valence-electron chi connectivity index (χ3n) is 7.12. The number of alkyl carbamates (subject to hydrolysis) is 1. The van der Waals surface area contributed by atoms with Gasteiger partial charge in [-0.25, -0.2) is 4.79 Å². The molecule has 1 fully saturated rings. The fourth-order valence-electron chi connectivity index (χ4n) is 5.47. The van der Waals surface area contributed by atoms with Gasteiger partial charge in [0, 0.05) is 23.9 Å². The third-order valence-corrected chi connectivity index (χ3v) is 7.12. The number of carbonyl (C=O) groups is 3. The molecule has 0 heterocycles. The van der Waals surface area contributed by atoms with Gasteiger partial charge in [-0.1, -0.05) is 68.3 Å². The first-order valence-electron chi connectivity index (χ1n) is 12.6. The van der Waals surface area contributed by atoms with Crippen molar-refractivity contribution in [3.8, 4) is 11.1 Å². The van der Waals surface area contributed by atoms with Crippen LogP contribution in [0.3, 0.4) is 0 Å². The molecule has 7 nitrogen and oxygen atoms in total. The van der Waals surface area contributed by atoms with Crippen molar-refractivity contribution in [2.75, 3.05) is 6.61 Å². The van der Waals surface area contributed by atoms with Crippen LogP contribution in [-0.2, 0) is 14.3 Å². The molecule has 7 heteroatoms. The second-order valence-corrected chi connectivity index (χ2v) is 9.62. The van der Waals surface area contributed by atoms with E-state index in [2.05, 4.69) is 34.9 Å². The van der Waals surface area contributed by atoms with Gasteiger partial charge in [-0.15, -0.1) is 0 Å². The number of benzene rings is 2. The summed E-state index contributed by atoms with van der Waals surface area (Å²) in [6.45, 7) is 2.22. The molecule has 4 rings (SSSR count). The van der Waals surface area contributed by atoms with Crippen molar-refractivity contribution >= 4 is 18.0 Å². The highest BCUT2D eigenvalue weighted by molar-refractivity contribution is 5.80. The molecule has 0 spiro atoms. The summed E-state index contributed by atoms with van der Waals surface area (Å²) < 4.78 is 5.66. The van der Waals surface area contributed by atoms with E-state index in [1.165, 1.54) is 22.3 Å². The van der Waals surface area contributed by atoms with Crippen LogP contribution in [0.2, 0.25) is 0 Å². The largest absolute Gasteiger partial charge is 0.481 e. The highest BCUT2D eigenvalue weighted by Crippen LogP contribution is 2.44. The Bertz CT molecular complexity index is 1020. The van der Waals surface area contributed by atoms with Crippen LogP contribution in [0.25, 0.3) is 11.1 Å². The molecular weight excluding hydrogens is 444 g/mol. The van der Waals surface area contributed by atoms with Gasteiger partial charge in [0.15, 0.2) is 0 Å². The van der Waals surface area contributed by atoms with Crippen LogP contribution < -0.4 is 10.6 Å². The molecule has 2 amide bonds. The van der Waals surface area contributed by atoms with Gasteiger partial charge < -0.3 is 20.5 Å². The van der Waals surface area contributed by atoms with Crippen molar-refractivity contribution in [3.63, 3.8) is 0 Å². The summed E-state index contributed by atoms with van der Waals surface area (Å²) in [4.78, 5) is 36.5. The minimum atomic E-state index is -0.915. The van der Waals surface area contributed by atoms with Crippen molar-refractivity contribution in [1.29, 1.82) is 0 Å². The molecular formula is C28H34N2O5. The lowest BCUT2D eigenvalue weighted by Gasteiger charge is -2.30. The minimum Gasteiger partial charge on any atom is -0.481 e. The minimum absolute atomic E-state index is 0.00256. The summed E-state index contributed by atoms with van der Waals surface area (Å²) in [5.41, 5.74) is 4.70. The van der Waals surface area contributed by atoms with E-state index in [0.29, 0.717) is 12.8 Å². The third kappa shape index (κ3) is 6.02. The Morgan fingerprint density at radius 1 is 1.03 bits per heavy atom. The van der Waals surface area contributed by atoms with E-state index in [1.807, 2.05) is 31.2 Å². The van der Waals surface area contributed by atoms with Crippen LogP contribution in [0.15, 0.2) is 48.5 Å². The number of hydrogen-bond donors (Lipinski definition) is 3. The Morgan fingerprint density at radius 2 is 1.69 bits per heavy atom. The number of nitrogens with one attached hydrogen (secondary N) is 2. The molecule has 0 aliphatic heterocycles. The van der Waals surface area contributed by atoms with Crippen LogP contribution in [0.4, 0.5) is 4.79 Å². The molecule has 2 aliphatic rings. The molecule has 0 saturated heterocycles. The fourth-order valence-corrected chi connectivity index (χ4v) is 5.47. The number of rotatable bonds is 9. The Hall–Kier alpha value is -3.35. The summed E-state index contributed by atoms with van der Waals surface area (Å²) in [5.74, 6) is -1.27. The zero-order valence-corrected chi connectivity index (χ0v) is 20.2. The van der Waals surface area contributed by atoms with Crippen molar-refractivity contribution in [2.24, 2.45) is 5.92 Å². The number of amides is 2. The predicted octanol–water partition coefficient (Wildman–Crippen LogP) is 4.84. The molecule has 0 bridgehead atoms. The fraction of sp³-hybridized carbons (Fsp3) is 0.464. The van der Waals surface area contributed by atoms with Crippen LogP contribution >= 0.6 is 0 Å². The molecule has 2 aromatic carbocycles. The zero-order chi connectivity index (χ0) is 24.8. The second-order valence-electron chi connectivity index (χ2n) is 9.62. The van der Waals surface area contributed by atoms with Crippen molar-refractivity contribution in [2.45, 2.75) is 69.9 Å². The molecule has 35 heavy (non-hydrogen) atoms. The number of hydrogen-bond acceptors (Lipinski definition) is 4. The number of aliphatic carboxylic acids is 1. The molecule has 2 aromatic rings. The molecule has 186 valence electrons. The predicted molar refractivity (Wildman–Crippen MR) is 133 cm³/mol. The molecule has 2 aliphatic carbocycles. The standard InChI is InChI=1S/C28H34N2O5/c1-2-8-19(16-26(31)32)29-27(33)18-9-7-10-20(15-18)30-28(34)35-17-25-23-13-5-3-11-21(23)22-12-4-6-14-24(22)25/h3-6,11-14,18-20,25H,2,7-10,15-17H2,1H3,(H,29,33)(H,30,34)(H,31,32)/t18-,19?,20+/m0/s1. The SMILES string of the molecule is CCCC(CC(=O)O)NC(=O)[C@H]1CCC[C@@H](NC(=O)OCC2c3ccccc3-c3ccccc32)C1. The summed E-state index contributed by atoms with van der Waals surface area (Å²) in [7, 11) is 0. The van der Waals surface area contributed by atoms with E-state index in [9.17, 15) is 14.4 Å². The maximum atomic E-state index is 12.8. The van der Waals surface area contributed by atoms with Gasteiger partial charge in [0.1, 0.15) is 6.61 Å². The molecule has 0 radical (unpaired) electrons. The summed E-state index contributed by atoms with van der Waals surface area (Å²) in [6.07, 6.45) is 3.77. The first-order valence-corrected chi connectivity index (χ1v) is 12.6. The van der Waals surface area contributed by atoms with Crippen LogP contribution in [-0.4, -0.2) is 41.8 Å². The number of ether oxygens (including phenoxy) is 1. The van der Waals surface area contributed by atoms with Gasteiger partial charge in [-0.3, -0.25) is 9.59 Å². The topological polar surface area (TPSA) is 105 Å². The molecule has 1 unspecified atom stereocenters. The lowest BCUT2D eigenvalue weighted by molar-refractivity contribution is -0.138. The second kappa shape index (κ2) is 11.4. The quantitative estimate of drug-likeness (QED) is 0.478. The molecule has 1 saturated carbocycles. The van der Waals surface area contributed by atoms with Gasteiger partial charge in [0.2, 0.25) is 5.91 Å². The van der Waals surface area contributed by atoms with Crippen LogP contribution in [0.5, 0.6) is 0 Å². The Kier molecular flexibility index (Phi) is 8.06. The lowest BCUT2D eigenvalue weighted by Crippen LogP contribution is -2.45. The van der Waals surface area contributed by atoms with Gasteiger partial charge >= 0.3 is 12.1 Å². The number of fused-ring (bicyclic) bond motifs is 3. The first kappa shape index (κ1) is 24.8. The van der Waals surface area contributed by atoms with E-state index >= 15 is 0 Å². The van der Waals surface area contributed by atoms with E-state index in [1.54, 1.807) is 0 Å². The van der Waals surface area contributed by atoms with Gasteiger partial charge in [-0.2, -0.15) is 0 Å². The Morgan fingerprint density at radius 3 is 2.31 bits per heavy atom. The van der Waals surface area contributed by atoms with Gasteiger partial charge in [0.05, 0.1) is 6.42 Å². The normalized spacial score (nSPS) is 19.8. The smallest absolute Gasteiger partial charge is 0.407 e. The zero-order valence-electron chi connectivity index (χ0n) is 20.2. The lowest BCUT2D eigenvalue weighted by atomic mass is 9.85. The number of carboxylic acids is 1. The monoisotopic (exact) mass is 478 g/mol. The Labute approximate surface area is 206 Å². The van der Waals surface area contributed by atoms with E-state index in [0.717, 1.165) is 25.7 Å². The van der Waals surface area contributed by atoms with Crippen molar-refractivity contribution in [3.05, 3.63) is 59.7 Å². The van der Waals surface area contributed by atoms with Crippen molar-refractivity contribution in [1.82, 2.24) is 10.6 Å². The average Bonchev–Trinajstić information content (AvgIpc) is 3.16. The highest BCUT2D eigenvalue weighted by atomic mass is 16.5. The molecule has 3 N–H and O–H groups in total. The maximum absolute atomic E-state index is 12.8.